The largest absolute Gasteiger partial charge is 0.308 e. The highest BCUT2D eigenvalue weighted by atomic mass is 19.1. The Morgan fingerprint density at radius 1 is 1.18 bits per heavy atom. The van der Waals surface area contributed by atoms with E-state index in [4.69, 9.17) is 0 Å². The summed E-state index contributed by atoms with van der Waals surface area (Å²) in [6.45, 7) is 1.78. The van der Waals surface area contributed by atoms with Crippen molar-refractivity contribution >= 4 is 17.3 Å². The average molecular weight is 306 g/mol. The first-order valence-electron chi connectivity index (χ1n) is 6.45. The van der Waals surface area contributed by atoms with E-state index in [0.717, 1.165) is 29.2 Å². The number of amides is 1. The molecular formula is C15H12F2N2O3. The van der Waals surface area contributed by atoms with Crippen LogP contribution in [0.4, 0.5) is 20.2 Å². The van der Waals surface area contributed by atoms with Crippen molar-refractivity contribution in [2.24, 2.45) is 0 Å². The molecule has 0 aliphatic carbocycles. The minimum Gasteiger partial charge on any atom is -0.308 e. The van der Waals surface area contributed by atoms with Gasteiger partial charge in [0.25, 0.3) is 11.6 Å². The van der Waals surface area contributed by atoms with Gasteiger partial charge in [0.2, 0.25) is 0 Å². The molecule has 0 N–H and O–H groups in total. The first kappa shape index (κ1) is 15.6. The Labute approximate surface area is 124 Å². The number of hydrogen-bond donors (Lipinski definition) is 0. The average Bonchev–Trinajstić information content (AvgIpc) is 2.47. The van der Waals surface area contributed by atoms with Crippen LogP contribution in [0, 0.1) is 21.7 Å². The summed E-state index contributed by atoms with van der Waals surface area (Å²) in [6, 6.07) is 7.91. The van der Waals surface area contributed by atoms with Crippen LogP contribution in [0.25, 0.3) is 0 Å². The molecule has 0 heterocycles. The zero-order chi connectivity index (χ0) is 16.3. The number of hydrogen-bond acceptors (Lipinski definition) is 3. The lowest BCUT2D eigenvalue weighted by Gasteiger charge is -2.21. The number of nitro groups is 1. The number of benzene rings is 2. The molecule has 2 aromatic rings. The van der Waals surface area contributed by atoms with Gasteiger partial charge < -0.3 is 4.90 Å². The van der Waals surface area contributed by atoms with Gasteiger partial charge in [0, 0.05) is 18.3 Å². The summed E-state index contributed by atoms with van der Waals surface area (Å²) in [4.78, 5) is 23.9. The Balaban J connectivity index is 2.49. The molecule has 0 aromatic heterocycles. The summed E-state index contributed by atoms with van der Waals surface area (Å²) in [5, 5.41) is 11.0. The van der Waals surface area contributed by atoms with Crippen molar-refractivity contribution in [3.05, 3.63) is 69.8 Å². The zero-order valence-corrected chi connectivity index (χ0v) is 11.6. The van der Waals surface area contributed by atoms with Crippen LogP contribution in [-0.2, 0) is 0 Å². The van der Waals surface area contributed by atoms with E-state index in [-0.39, 0.29) is 17.8 Å². The summed E-state index contributed by atoms with van der Waals surface area (Å²) in [5.41, 5.74) is -0.636. The second-order valence-electron chi connectivity index (χ2n) is 4.45. The fourth-order valence-electron chi connectivity index (χ4n) is 2.07. The molecule has 0 unspecified atom stereocenters. The molecule has 5 nitrogen and oxygen atoms in total. The summed E-state index contributed by atoms with van der Waals surface area (Å²) in [6.07, 6.45) is 0. The summed E-state index contributed by atoms with van der Waals surface area (Å²) in [7, 11) is 0. The van der Waals surface area contributed by atoms with Crippen LogP contribution in [-0.4, -0.2) is 17.4 Å². The van der Waals surface area contributed by atoms with Crippen molar-refractivity contribution in [3.63, 3.8) is 0 Å². The van der Waals surface area contributed by atoms with E-state index in [0.29, 0.717) is 0 Å². The topological polar surface area (TPSA) is 63.5 Å². The molecule has 0 aliphatic heterocycles. The first-order valence-corrected chi connectivity index (χ1v) is 6.45. The number of carbonyl (C=O) groups excluding carboxylic acids is 1. The molecule has 0 saturated heterocycles. The Bertz CT molecular complexity index is 734. The van der Waals surface area contributed by atoms with Crippen molar-refractivity contribution in [2.45, 2.75) is 6.92 Å². The lowest BCUT2D eigenvalue weighted by Crippen LogP contribution is -2.31. The third-order valence-corrected chi connectivity index (χ3v) is 3.07. The molecule has 2 rings (SSSR count). The Kier molecular flexibility index (Phi) is 4.45. The first-order chi connectivity index (χ1) is 10.4. The van der Waals surface area contributed by atoms with Crippen LogP contribution < -0.4 is 4.90 Å². The molecule has 0 fully saturated rings. The van der Waals surface area contributed by atoms with Gasteiger partial charge in [-0.3, -0.25) is 14.9 Å². The predicted molar refractivity (Wildman–Crippen MR) is 76.8 cm³/mol. The molecule has 1 amide bonds. The molecule has 7 heteroatoms. The molecule has 0 aliphatic rings. The maximum Gasteiger partial charge on any atom is 0.282 e. The number of carbonyl (C=O) groups is 1. The van der Waals surface area contributed by atoms with Crippen molar-refractivity contribution in [1.29, 1.82) is 0 Å². The zero-order valence-electron chi connectivity index (χ0n) is 11.6. The highest BCUT2D eigenvalue weighted by Gasteiger charge is 2.25. The van der Waals surface area contributed by atoms with E-state index in [9.17, 15) is 23.7 Å². The monoisotopic (exact) mass is 306 g/mol. The highest BCUT2D eigenvalue weighted by Crippen LogP contribution is 2.24. The third-order valence-electron chi connectivity index (χ3n) is 3.07. The van der Waals surface area contributed by atoms with Crippen LogP contribution in [0.1, 0.15) is 17.3 Å². The molecule has 0 atom stereocenters. The van der Waals surface area contributed by atoms with Gasteiger partial charge in [0.05, 0.1) is 4.92 Å². The lowest BCUT2D eigenvalue weighted by molar-refractivity contribution is -0.385. The van der Waals surface area contributed by atoms with Gasteiger partial charge in [-0.1, -0.05) is 6.07 Å². The lowest BCUT2D eigenvalue weighted by atomic mass is 10.1. The standard InChI is InChI=1S/C15H12F2N2O3/c1-2-18(12-5-3-4-10(16)8-12)15(20)13-9-11(17)6-7-14(13)19(21)22/h3-9H,2H2,1H3. The third kappa shape index (κ3) is 3.08. The molecule has 22 heavy (non-hydrogen) atoms. The minimum absolute atomic E-state index is 0.149. The second-order valence-corrected chi connectivity index (χ2v) is 4.45. The van der Waals surface area contributed by atoms with E-state index < -0.39 is 28.2 Å². The van der Waals surface area contributed by atoms with E-state index >= 15 is 0 Å². The molecule has 0 bridgehead atoms. The van der Waals surface area contributed by atoms with E-state index in [1.54, 1.807) is 6.92 Å². The van der Waals surface area contributed by atoms with Crippen molar-refractivity contribution in [2.75, 3.05) is 11.4 Å². The maximum atomic E-state index is 13.4. The number of halogens is 2. The smallest absolute Gasteiger partial charge is 0.282 e. The van der Waals surface area contributed by atoms with Gasteiger partial charge in [-0.05, 0) is 37.3 Å². The SMILES string of the molecule is CCN(C(=O)c1cc(F)ccc1[N+](=O)[O-])c1cccc(F)c1. The number of nitro benzene ring substituents is 1. The van der Waals surface area contributed by atoms with Crippen molar-refractivity contribution < 1.29 is 18.5 Å². The number of rotatable bonds is 4. The quantitative estimate of drug-likeness (QED) is 0.641. The molecule has 0 saturated carbocycles. The fraction of sp³-hybridized carbons (Fsp3) is 0.133. The molecule has 114 valence electrons. The second kappa shape index (κ2) is 6.30. The van der Waals surface area contributed by atoms with Crippen molar-refractivity contribution in [1.82, 2.24) is 0 Å². The van der Waals surface area contributed by atoms with E-state index in [1.807, 2.05) is 0 Å². The predicted octanol–water partition coefficient (Wildman–Crippen LogP) is 3.54. The van der Waals surface area contributed by atoms with Crippen LogP contribution in [0.15, 0.2) is 42.5 Å². The minimum atomic E-state index is -0.765. The maximum absolute atomic E-state index is 13.4. The van der Waals surface area contributed by atoms with E-state index in [2.05, 4.69) is 0 Å². The Morgan fingerprint density at radius 3 is 2.45 bits per heavy atom. The molecule has 0 radical (unpaired) electrons. The van der Waals surface area contributed by atoms with Crippen molar-refractivity contribution in [3.8, 4) is 0 Å². The van der Waals surface area contributed by atoms with Gasteiger partial charge in [-0.25, -0.2) is 8.78 Å². The van der Waals surface area contributed by atoms with Gasteiger partial charge in [-0.2, -0.15) is 0 Å². The van der Waals surface area contributed by atoms with Crippen LogP contribution in [0.3, 0.4) is 0 Å². The molecular weight excluding hydrogens is 294 g/mol. The van der Waals surface area contributed by atoms with Gasteiger partial charge in [0.1, 0.15) is 17.2 Å². The van der Waals surface area contributed by atoms with Gasteiger partial charge in [-0.15, -0.1) is 0 Å². The summed E-state index contributed by atoms with van der Waals surface area (Å²) in [5.74, 6) is -2.07. The number of nitrogens with zero attached hydrogens (tertiary/aromatic N) is 2. The van der Waals surface area contributed by atoms with Crippen LogP contribution >= 0.6 is 0 Å². The van der Waals surface area contributed by atoms with Crippen LogP contribution in [0.2, 0.25) is 0 Å². The highest BCUT2D eigenvalue weighted by molar-refractivity contribution is 6.08. The number of anilines is 1. The summed E-state index contributed by atoms with van der Waals surface area (Å²) < 4.78 is 26.6. The van der Waals surface area contributed by atoms with Gasteiger partial charge in [0.15, 0.2) is 0 Å². The molecule has 0 spiro atoms. The van der Waals surface area contributed by atoms with Gasteiger partial charge >= 0.3 is 0 Å². The Morgan fingerprint density at radius 2 is 1.86 bits per heavy atom. The van der Waals surface area contributed by atoms with E-state index in [1.165, 1.54) is 18.2 Å². The normalized spacial score (nSPS) is 10.3. The Hall–Kier alpha value is -2.83. The fourth-order valence-corrected chi connectivity index (χ4v) is 2.07. The molecule has 2 aromatic carbocycles. The van der Waals surface area contributed by atoms with Crippen LogP contribution in [0.5, 0.6) is 0 Å². The summed E-state index contributed by atoms with van der Waals surface area (Å²) >= 11 is 0.